The van der Waals surface area contributed by atoms with Crippen LogP contribution in [0.25, 0.3) is 0 Å². The minimum Gasteiger partial charge on any atom is -0.354 e. The van der Waals surface area contributed by atoms with Gasteiger partial charge in [-0.15, -0.1) is 0 Å². The van der Waals surface area contributed by atoms with Gasteiger partial charge in [-0.25, -0.2) is 15.0 Å². The highest BCUT2D eigenvalue weighted by Gasteiger charge is 1.96. The Labute approximate surface area is 88.0 Å². The van der Waals surface area contributed by atoms with E-state index in [9.17, 15) is 0 Å². The molecule has 15 heavy (non-hydrogen) atoms. The molecule has 0 atom stereocenters. The summed E-state index contributed by atoms with van der Waals surface area (Å²) in [5.74, 6) is 0.667. The van der Waals surface area contributed by atoms with Crippen LogP contribution in [0.1, 0.15) is 11.3 Å². The van der Waals surface area contributed by atoms with Gasteiger partial charge in [0, 0.05) is 37.3 Å². The molecule has 0 spiro atoms. The van der Waals surface area contributed by atoms with Crippen molar-refractivity contribution in [3.8, 4) is 0 Å². The van der Waals surface area contributed by atoms with Crippen LogP contribution < -0.4 is 5.32 Å². The number of nitrogens with zero attached hydrogens (tertiary/aromatic N) is 3. The second kappa shape index (κ2) is 4.54. The Kier molecular flexibility index (Phi) is 2.92. The van der Waals surface area contributed by atoms with E-state index in [1.165, 1.54) is 0 Å². The van der Waals surface area contributed by atoms with E-state index in [1.807, 2.05) is 13.1 Å². The van der Waals surface area contributed by atoms with Crippen molar-refractivity contribution in [3.63, 3.8) is 0 Å². The first-order valence-corrected chi connectivity index (χ1v) is 4.84. The van der Waals surface area contributed by atoms with E-state index in [0.717, 1.165) is 24.2 Å². The lowest BCUT2D eigenvalue weighted by Crippen LogP contribution is -2.07. The topological polar surface area (TPSA) is 66.5 Å². The van der Waals surface area contributed by atoms with Gasteiger partial charge < -0.3 is 10.3 Å². The van der Waals surface area contributed by atoms with Crippen molar-refractivity contribution in [3.05, 3.63) is 36.2 Å². The second-order valence-corrected chi connectivity index (χ2v) is 3.34. The quantitative estimate of drug-likeness (QED) is 0.782. The number of rotatable bonds is 4. The molecule has 0 aliphatic carbocycles. The minimum atomic E-state index is 0.667. The molecule has 0 fully saturated rings. The zero-order valence-corrected chi connectivity index (χ0v) is 8.57. The van der Waals surface area contributed by atoms with E-state index in [-0.39, 0.29) is 0 Å². The number of aromatic nitrogens is 4. The normalized spacial score (nSPS) is 10.2. The van der Waals surface area contributed by atoms with E-state index in [0.29, 0.717) is 5.95 Å². The van der Waals surface area contributed by atoms with Crippen LogP contribution in [0.5, 0.6) is 0 Å². The Balaban J connectivity index is 1.81. The average molecular weight is 203 g/mol. The Hall–Kier alpha value is -1.91. The molecule has 0 saturated heterocycles. The lowest BCUT2D eigenvalue weighted by atomic mass is 10.3. The molecule has 0 aliphatic rings. The largest absolute Gasteiger partial charge is 0.354 e. The molecule has 0 aromatic carbocycles. The van der Waals surface area contributed by atoms with Gasteiger partial charge in [0.05, 0.1) is 6.33 Å². The number of anilines is 1. The van der Waals surface area contributed by atoms with Gasteiger partial charge in [0.2, 0.25) is 5.95 Å². The first kappa shape index (κ1) is 9.64. The number of aryl methyl sites for hydroxylation is 1. The van der Waals surface area contributed by atoms with Crippen LogP contribution in [0.3, 0.4) is 0 Å². The first-order valence-electron chi connectivity index (χ1n) is 4.84. The fourth-order valence-corrected chi connectivity index (χ4v) is 1.21. The summed E-state index contributed by atoms with van der Waals surface area (Å²) >= 11 is 0. The number of imidazole rings is 1. The molecule has 0 bridgehead atoms. The van der Waals surface area contributed by atoms with Crippen molar-refractivity contribution >= 4 is 5.95 Å². The average Bonchev–Trinajstić information content (AvgIpc) is 2.74. The predicted molar refractivity (Wildman–Crippen MR) is 57.6 cm³/mol. The molecular weight excluding hydrogens is 190 g/mol. The van der Waals surface area contributed by atoms with E-state index in [1.54, 1.807) is 18.7 Å². The summed E-state index contributed by atoms with van der Waals surface area (Å²) in [5.41, 5.74) is 2.17. The summed E-state index contributed by atoms with van der Waals surface area (Å²) < 4.78 is 0. The van der Waals surface area contributed by atoms with Gasteiger partial charge in [-0.1, -0.05) is 0 Å². The molecule has 0 aliphatic heterocycles. The predicted octanol–water partition coefficient (Wildman–Crippen LogP) is 1.16. The molecule has 2 rings (SSSR count). The Bertz CT molecular complexity index is 392. The van der Waals surface area contributed by atoms with Crippen LogP contribution >= 0.6 is 0 Å². The summed E-state index contributed by atoms with van der Waals surface area (Å²) in [7, 11) is 0. The van der Waals surface area contributed by atoms with Crippen molar-refractivity contribution in [2.75, 3.05) is 11.9 Å². The zero-order chi connectivity index (χ0) is 10.5. The molecular formula is C10H13N5. The highest BCUT2D eigenvalue weighted by atomic mass is 15.1. The molecule has 5 heteroatoms. The fourth-order valence-electron chi connectivity index (χ4n) is 1.21. The number of hydrogen-bond acceptors (Lipinski definition) is 4. The van der Waals surface area contributed by atoms with Crippen LogP contribution in [-0.4, -0.2) is 26.5 Å². The third kappa shape index (κ3) is 2.77. The number of nitrogens with one attached hydrogen (secondary N) is 2. The van der Waals surface area contributed by atoms with E-state index >= 15 is 0 Å². The molecule has 2 aromatic heterocycles. The SMILES string of the molecule is Cc1cnc(NCCc2cnc[nH]2)nc1. The van der Waals surface area contributed by atoms with E-state index < -0.39 is 0 Å². The molecule has 0 unspecified atom stereocenters. The first-order chi connectivity index (χ1) is 7.34. The molecule has 2 N–H and O–H groups in total. The van der Waals surface area contributed by atoms with Gasteiger partial charge >= 0.3 is 0 Å². The van der Waals surface area contributed by atoms with E-state index in [4.69, 9.17) is 0 Å². The van der Waals surface area contributed by atoms with Gasteiger partial charge in [0.1, 0.15) is 0 Å². The summed E-state index contributed by atoms with van der Waals surface area (Å²) in [4.78, 5) is 15.3. The van der Waals surface area contributed by atoms with Crippen LogP contribution in [0.2, 0.25) is 0 Å². The van der Waals surface area contributed by atoms with Gasteiger partial charge in [-0.05, 0) is 12.5 Å². The van der Waals surface area contributed by atoms with Gasteiger partial charge in [0.15, 0.2) is 0 Å². The van der Waals surface area contributed by atoms with Crippen molar-refractivity contribution in [1.29, 1.82) is 0 Å². The maximum absolute atomic E-state index is 4.15. The van der Waals surface area contributed by atoms with Crippen LogP contribution in [0.15, 0.2) is 24.9 Å². The van der Waals surface area contributed by atoms with E-state index in [2.05, 4.69) is 25.3 Å². The Morgan fingerprint density at radius 2 is 2.07 bits per heavy atom. The monoisotopic (exact) mass is 203 g/mol. The van der Waals surface area contributed by atoms with Crippen molar-refractivity contribution in [2.24, 2.45) is 0 Å². The van der Waals surface area contributed by atoms with Gasteiger partial charge in [0.25, 0.3) is 0 Å². The van der Waals surface area contributed by atoms with Crippen LogP contribution in [0, 0.1) is 6.92 Å². The van der Waals surface area contributed by atoms with Crippen LogP contribution in [0.4, 0.5) is 5.95 Å². The molecule has 0 saturated carbocycles. The Morgan fingerprint density at radius 3 is 2.73 bits per heavy atom. The smallest absolute Gasteiger partial charge is 0.222 e. The Morgan fingerprint density at radius 1 is 1.27 bits per heavy atom. The maximum atomic E-state index is 4.15. The lowest BCUT2D eigenvalue weighted by molar-refractivity contribution is 0.950. The van der Waals surface area contributed by atoms with Crippen molar-refractivity contribution in [2.45, 2.75) is 13.3 Å². The highest BCUT2D eigenvalue weighted by Crippen LogP contribution is 1.99. The summed E-state index contributed by atoms with van der Waals surface area (Å²) in [6.45, 7) is 2.76. The molecule has 2 heterocycles. The number of hydrogen-bond donors (Lipinski definition) is 2. The van der Waals surface area contributed by atoms with Gasteiger partial charge in [-0.3, -0.25) is 0 Å². The van der Waals surface area contributed by atoms with Crippen LogP contribution in [-0.2, 0) is 6.42 Å². The number of aromatic amines is 1. The third-order valence-electron chi connectivity index (χ3n) is 2.01. The number of H-pyrrole nitrogens is 1. The molecule has 0 radical (unpaired) electrons. The molecule has 0 amide bonds. The maximum Gasteiger partial charge on any atom is 0.222 e. The highest BCUT2D eigenvalue weighted by molar-refractivity contribution is 5.24. The fraction of sp³-hybridized carbons (Fsp3) is 0.300. The van der Waals surface area contributed by atoms with Crippen molar-refractivity contribution < 1.29 is 0 Å². The summed E-state index contributed by atoms with van der Waals surface area (Å²) in [6, 6.07) is 0. The zero-order valence-electron chi connectivity index (χ0n) is 8.57. The molecule has 78 valence electrons. The summed E-state index contributed by atoms with van der Waals surface area (Å²) in [5, 5.41) is 3.14. The standard InChI is InChI=1S/C10H13N5/c1-8-4-13-10(14-5-8)12-3-2-9-6-11-7-15-9/h4-7H,2-3H2,1H3,(H,11,15)(H,12,13,14). The molecule has 5 nitrogen and oxygen atoms in total. The minimum absolute atomic E-state index is 0.667. The molecule has 2 aromatic rings. The third-order valence-corrected chi connectivity index (χ3v) is 2.01. The second-order valence-electron chi connectivity index (χ2n) is 3.34. The van der Waals surface area contributed by atoms with Gasteiger partial charge in [-0.2, -0.15) is 0 Å². The lowest BCUT2D eigenvalue weighted by Gasteiger charge is -2.02. The van der Waals surface area contributed by atoms with Crippen molar-refractivity contribution in [1.82, 2.24) is 19.9 Å². The summed E-state index contributed by atoms with van der Waals surface area (Å²) in [6.07, 6.45) is 7.98.